The summed E-state index contributed by atoms with van der Waals surface area (Å²) in [6, 6.07) is 1.11. The van der Waals surface area contributed by atoms with E-state index in [0.717, 1.165) is 16.9 Å². The molecule has 0 aliphatic rings. The number of fused-ring (bicyclic) bond motifs is 1. The third kappa shape index (κ3) is 4.43. The first-order valence-electron chi connectivity index (χ1n) is 9.80. The van der Waals surface area contributed by atoms with Gasteiger partial charge in [-0.05, 0) is 18.5 Å². The molecule has 12 nitrogen and oxygen atoms in total. The smallest absolute Gasteiger partial charge is 0.353 e. The molecule has 4 aromatic heterocycles. The number of nitro groups is 1. The largest absolute Gasteiger partial charge is 0.479 e. The Hall–Kier alpha value is -3.58. The molecule has 0 bridgehead atoms. The second-order valence-electron chi connectivity index (χ2n) is 7.36. The topological polar surface area (TPSA) is 136 Å². The minimum Gasteiger partial charge on any atom is -0.479 e. The molecule has 0 saturated carbocycles. The van der Waals surface area contributed by atoms with Crippen LogP contribution in [0, 0.1) is 28.8 Å². The molecule has 0 aromatic carbocycles. The van der Waals surface area contributed by atoms with Crippen LogP contribution in [0.1, 0.15) is 12.6 Å². The number of ether oxygens (including phenoxy) is 2. The van der Waals surface area contributed by atoms with Gasteiger partial charge in [0, 0.05) is 24.7 Å². The van der Waals surface area contributed by atoms with Crippen molar-refractivity contribution < 1.29 is 18.8 Å². The van der Waals surface area contributed by atoms with Crippen molar-refractivity contribution in [1.29, 1.82) is 0 Å². The standard InChI is InChI=1S/C19H17Cl2FN8O4/c1-9(7-28-16-12(15(20)26-28)6-24-19(21)25-16)8-34-18-14(30(31)32)10(2)29(27-18)13-4-11(22)5-23-17(13)33-3/h4-6,9H,7-8H2,1-3H3. The van der Waals surface area contributed by atoms with Gasteiger partial charge in [-0.15, -0.1) is 5.10 Å². The van der Waals surface area contributed by atoms with Gasteiger partial charge in [0.15, 0.2) is 10.8 Å². The van der Waals surface area contributed by atoms with E-state index in [4.69, 9.17) is 32.7 Å². The summed E-state index contributed by atoms with van der Waals surface area (Å²) < 4.78 is 27.4. The first-order chi connectivity index (χ1) is 16.2. The molecule has 0 radical (unpaired) electrons. The fourth-order valence-electron chi connectivity index (χ4n) is 3.33. The van der Waals surface area contributed by atoms with Crippen molar-refractivity contribution in [3.05, 3.63) is 50.5 Å². The second-order valence-corrected chi connectivity index (χ2v) is 8.05. The molecule has 0 N–H and O–H groups in total. The predicted molar refractivity (Wildman–Crippen MR) is 119 cm³/mol. The van der Waals surface area contributed by atoms with Gasteiger partial charge in [-0.2, -0.15) is 10.1 Å². The van der Waals surface area contributed by atoms with Gasteiger partial charge in [-0.25, -0.2) is 23.7 Å². The minimum absolute atomic E-state index is 0.0462. The lowest BCUT2D eigenvalue weighted by molar-refractivity contribution is -0.386. The van der Waals surface area contributed by atoms with Gasteiger partial charge in [0.25, 0.3) is 0 Å². The first-order valence-corrected chi connectivity index (χ1v) is 10.6. The Labute approximate surface area is 201 Å². The number of pyridine rings is 1. The fraction of sp³-hybridized carbons (Fsp3) is 0.316. The van der Waals surface area contributed by atoms with Gasteiger partial charge in [0.05, 0.1) is 30.2 Å². The summed E-state index contributed by atoms with van der Waals surface area (Å²) in [6.07, 6.45) is 2.45. The van der Waals surface area contributed by atoms with E-state index >= 15 is 0 Å². The van der Waals surface area contributed by atoms with Gasteiger partial charge in [-0.1, -0.05) is 18.5 Å². The van der Waals surface area contributed by atoms with E-state index in [0.29, 0.717) is 17.6 Å². The van der Waals surface area contributed by atoms with Gasteiger partial charge < -0.3 is 9.47 Å². The Balaban J connectivity index is 1.59. The highest BCUT2D eigenvalue weighted by Crippen LogP contribution is 2.34. The maximum absolute atomic E-state index is 13.8. The van der Waals surface area contributed by atoms with E-state index in [9.17, 15) is 14.5 Å². The summed E-state index contributed by atoms with van der Waals surface area (Å²) in [6.45, 7) is 3.69. The van der Waals surface area contributed by atoms with Crippen LogP contribution in [0.5, 0.6) is 11.8 Å². The summed E-state index contributed by atoms with van der Waals surface area (Å²) in [5, 5.41) is 21.0. The molecular weight excluding hydrogens is 494 g/mol. The summed E-state index contributed by atoms with van der Waals surface area (Å²) >= 11 is 12.0. The second kappa shape index (κ2) is 9.35. The average Bonchev–Trinajstić information content (AvgIpc) is 3.28. The van der Waals surface area contributed by atoms with E-state index in [-0.39, 0.29) is 51.8 Å². The van der Waals surface area contributed by atoms with Crippen LogP contribution in [0.25, 0.3) is 16.7 Å². The molecule has 4 rings (SSSR count). The number of hydrogen-bond acceptors (Lipinski definition) is 9. The number of hydrogen-bond donors (Lipinski definition) is 0. The van der Waals surface area contributed by atoms with Crippen LogP contribution in [0.3, 0.4) is 0 Å². The molecule has 4 aromatic rings. The van der Waals surface area contributed by atoms with Crippen molar-refractivity contribution in [1.82, 2.24) is 34.5 Å². The molecule has 0 aliphatic heterocycles. The Morgan fingerprint density at radius 2 is 2.00 bits per heavy atom. The number of halogens is 3. The van der Waals surface area contributed by atoms with E-state index in [1.807, 2.05) is 6.92 Å². The van der Waals surface area contributed by atoms with Crippen LogP contribution in [0.4, 0.5) is 10.1 Å². The van der Waals surface area contributed by atoms with Crippen molar-refractivity contribution >= 4 is 39.9 Å². The molecule has 0 spiro atoms. The summed E-state index contributed by atoms with van der Waals surface area (Å²) in [7, 11) is 1.35. The third-order valence-electron chi connectivity index (χ3n) is 4.86. The van der Waals surface area contributed by atoms with Gasteiger partial charge >= 0.3 is 11.6 Å². The zero-order chi connectivity index (χ0) is 24.6. The lowest BCUT2D eigenvalue weighted by atomic mass is 10.2. The highest BCUT2D eigenvalue weighted by atomic mass is 35.5. The molecular formula is C19H17Cl2FN8O4. The molecule has 1 unspecified atom stereocenters. The molecule has 1 atom stereocenters. The average molecular weight is 511 g/mol. The van der Waals surface area contributed by atoms with Gasteiger partial charge in [-0.3, -0.25) is 10.1 Å². The highest BCUT2D eigenvalue weighted by Gasteiger charge is 2.29. The van der Waals surface area contributed by atoms with Crippen molar-refractivity contribution in [3.63, 3.8) is 0 Å². The Morgan fingerprint density at radius 3 is 2.71 bits per heavy atom. The van der Waals surface area contributed by atoms with Gasteiger partial charge in [0.2, 0.25) is 11.2 Å². The molecule has 34 heavy (non-hydrogen) atoms. The Morgan fingerprint density at radius 1 is 1.24 bits per heavy atom. The molecule has 4 heterocycles. The zero-order valence-electron chi connectivity index (χ0n) is 18.1. The first kappa shape index (κ1) is 23.6. The van der Waals surface area contributed by atoms with E-state index < -0.39 is 10.7 Å². The summed E-state index contributed by atoms with van der Waals surface area (Å²) in [5.74, 6) is -1.03. The molecule has 0 saturated heterocycles. The van der Waals surface area contributed by atoms with Crippen LogP contribution < -0.4 is 9.47 Å². The van der Waals surface area contributed by atoms with Crippen molar-refractivity contribution in [2.45, 2.75) is 20.4 Å². The van der Waals surface area contributed by atoms with Gasteiger partial charge in [0.1, 0.15) is 17.2 Å². The molecule has 0 fully saturated rings. The molecule has 15 heteroatoms. The van der Waals surface area contributed by atoms with Crippen LogP contribution in [-0.4, -0.2) is 53.2 Å². The van der Waals surface area contributed by atoms with Crippen LogP contribution in [-0.2, 0) is 6.54 Å². The number of aromatic nitrogens is 7. The van der Waals surface area contributed by atoms with Crippen LogP contribution >= 0.6 is 23.2 Å². The molecule has 178 valence electrons. The minimum atomic E-state index is -0.654. The maximum Gasteiger partial charge on any atom is 0.353 e. The fourth-order valence-corrected chi connectivity index (χ4v) is 3.69. The van der Waals surface area contributed by atoms with Crippen molar-refractivity contribution in [3.8, 4) is 17.4 Å². The van der Waals surface area contributed by atoms with E-state index in [2.05, 4.69) is 25.1 Å². The normalized spacial score (nSPS) is 12.2. The SMILES string of the molecule is COc1ncc(F)cc1-n1nc(OCC(C)Cn2nc(Cl)c3cnc(Cl)nc32)c([N+](=O)[O-])c1C. The Kier molecular flexibility index (Phi) is 6.48. The summed E-state index contributed by atoms with van der Waals surface area (Å²) in [5.41, 5.74) is 0.314. The monoisotopic (exact) mass is 510 g/mol. The quantitative estimate of drug-likeness (QED) is 0.197. The third-order valence-corrected chi connectivity index (χ3v) is 5.32. The predicted octanol–water partition coefficient (Wildman–Crippen LogP) is 3.79. The molecule has 0 amide bonds. The van der Waals surface area contributed by atoms with Crippen LogP contribution in [0.15, 0.2) is 18.5 Å². The lowest BCUT2D eigenvalue weighted by Crippen LogP contribution is -2.17. The van der Waals surface area contributed by atoms with E-state index in [1.165, 1.54) is 20.2 Å². The zero-order valence-corrected chi connectivity index (χ0v) is 19.6. The Bertz CT molecular complexity index is 1390. The van der Waals surface area contributed by atoms with Crippen molar-refractivity contribution in [2.24, 2.45) is 5.92 Å². The number of nitrogens with zero attached hydrogens (tertiary/aromatic N) is 8. The molecule has 0 aliphatic carbocycles. The van der Waals surface area contributed by atoms with Crippen molar-refractivity contribution in [2.75, 3.05) is 13.7 Å². The highest BCUT2D eigenvalue weighted by molar-refractivity contribution is 6.34. The van der Waals surface area contributed by atoms with E-state index in [1.54, 1.807) is 4.68 Å². The number of rotatable bonds is 8. The maximum atomic E-state index is 13.8. The summed E-state index contributed by atoms with van der Waals surface area (Å²) in [4.78, 5) is 23.0. The lowest BCUT2D eigenvalue weighted by Gasteiger charge is -2.12. The number of methoxy groups -OCH3 is 1. The van der Waals surface area contributed by atoms with Crippen LogP contribution in [0.2, 0.25) is 10.4 Å².